The molecule has 3 nitrogen and oxygen atoms in total. The second-order valence-corrected chi connectivity index (χ2v) is 5.64. The van der Waals surface area contributed by atoms with E-state index in [4.69, 9.17) is 11.6 Å². The Morgan fingerprint density at radius 2 is 2.18 bits per heavy atom. The van der Waals surface area contributed by atoms with Crippen molar-refractivity contribution in [3.63, 3.8) is 0 Å². The van der Waals surface area contributed by atoms with Crippen LogP contribution in [0.25, 0.3) is 0 Å². The Balaban J connectivity index is 2.25. The Morgan fingerprint density at radius 3 is 2.82 bits per heavy atom. The lowest BCUT2D eigenvalue weighted by molar-refractivity contribution is 0.444. The van der Waals surface area contributed by atoms with Crippen LogP contribution >= 0.6 is 11.6 Å². The van der Waals surface area contributed by atoms with Gasteiger partial charge in [-0.25, -0.2) is 9.97 Å². The third kappa shape index (κ3) is 3.09. The van der Waals surface area contributed by atoms with Gasteiger partial charge in [-0.3, -0.25) is 0 Å². The van der Waals surface area contributed by atoms with Crippen LogP contribution in [0.5, 0.6) is 0 Å². The van der Waals surface area contributed by atoms with Gasteiger partial charge in [0.05, 0.1) is 0 Å². The van der Waals surface area contributed by atoms with Gasteiger partial charge < -0.3 is 4.90 Å². The van der Waals surface area contributed by atoms with E-state index in [1.54, 1.807) is 0 Å². The average molecular weight is 254 g/mol. The molecule has 4 heteroatoms. The molecular weight excluding hydrogens is 234 g/mol. The van der Waals surface area contributed by atoms with Crippen LogP contribution in [0, 0.1) is 5.92 Å². The highest BCUT2D eigenvalue weighted by atomic mass is 35.5. The smallest absolute Gasteiger partial charge is 0.135 e. The largest absolute Gasteiger partial charge is 0.356 e. The molecular formula is C13H20ClN3. The second-order valence-electron chi connectivity index (χ2n) is 5.26. The van der Waals surface area contributed by atoms with Crippen molar-refractivity contribution >= 4 is 17.4 Å². The molecule has 0 aliphatic carbocycles. The molecule has 1 atom stereocenters. The van der Waals surface area contributed by atoms with E-state index in [1.807, 2.05) is 6.07 Å². The molecule has 0 radical (unpaired) electrons. The first-order valence-electron chi connectivity index (χ1n) is 6.35. The quantitative estimate of drug-likeness (QED) is 0.756. The zero-order valence-corrected chi connectivity index (χ0v) is 11.5. The summed E-state index contributed by atoms with van der Waals surface area (Å²) >= 11 is 6.07. The van der Waals surface area contributed by atoms with E-state index < -0.39 is 0 Å². The van der Waals surface area contributed by atoms with Gasteiger partial charge in [0.15, 0.2) is 0 Å². The van der Waals surface area contributed by atoms with Crippen molar-refractivity contribution < 1.29 is 0 Å². The number of rotatable bonds is 2. The van der Waals surface area contributed by atoms with E-state index in [-0.39, 0.29) is 0 Å². The molecule has 1 aromatic heterocycles. The second kappa shape index (κ2) is 5.21. The minimum Gasteiger partial charge on any atom is -0.356 e. The Hall–Kier alpha value is -0.830. The van der Waals surface area contributed by atoms with Crippen LogP contribution in [0.2, 0.25) is 5.15 Å². The molecule has 0 amide bonds. The number of hydrogen-bond acceptors (Lipinski definition) is 3. The fraction of sp³-hybridized carbons (Fsp3) is 0.692. The fourth-order valence-electron chi connectivity index (χ4n) is 2.24. The highest BCUT2D eigenvalue weighted by Gasteiger charge is 2.19. The van der Waals surface area contributed by atoms with Gasteiger partial charge in [-0.15, -0.1) is 0 Å². The third-order valence-electron chi connectivity index (χ3n) is 3.20. The zero-order chi connectivity index (χ0) is 12.4. The number of halogens is 1. The zero-order valence-electron chi connectivity index (χ0n) is 10.8. The first-order valence-corrected chi connectivity index (χ1v) is 6.73. The minimum atomic E-state index is 0.315. The van der Waals surface area contributed by atoms with Gasteiger partial charge in [-0.1, -0.05) is 32.4 Å². The van der Waals surface area contributed by atoms with E-state index in [0.29, 0.717) is 11.1 Å². The van der Waals surface area contributed by atoms with Crippen molar-refractivity contribution in [2.75, 3.05) is 18.0 Å². The maximum Gasteiger partial charge on any atom is 0.135 e. The molecule has 1 aliphatic heterocycles. The van der Waals surface area contributed by atoms with Crippen LogP contribution in [0.4, 0.5) is 5.82 Å². The van der Waals surface area contributed by atoms with Crippen molar-refractivity contribution in [1.82, 2.24) is 9.97 Å². The van der Waals surface area contributed by atoms with E-state index in [1.165, 1.54) is 12.8 Å². The Bertz CT molecular complexity index is 392. The minimum absolute atomic E-state index is 0.315. The van der Waals surface area contributed by atoms with Crippen LogP contribution < -0.4 is 4.90 Å². The topological polar surface area (TPSA) is 29.0 Å². The summed E-state index contributed by atoms with van der Waals surface area (Å²) in [6.45, 7) is 8.63. The Morgan fingerprint density at radius 1 is 1.41 bits per heavy atom. The molecule has 1 saturated heterocycles. The molecule has 1 unspecified atom stereocenters. The van der Waals surface area contributed by atoms with Crippen LogP contribution in [-0.2, 0) is 0 Å². The fourth-order valence-corrected chi connectivity index (χ4v) is 2.42. The summed E-state index contributed by atoms with van der Waals surface area (Å²) in [5.41, 5.74) is 0. The summed E-state index contributed by atoms with van der Waals surface area (Å²) in [6, 6.07) is 1.88. The number of hydrogen-bond donors (Lipinski definition) is 0. The van der Waals surface area contributed by atoms with Crippen LogP contribution in [0.15, 0.2) is 6.07 Å². The van der Waals surface area contributed by atoms with Gasteiger partial charge in [0, 0.05) is 25.1 Å². The van der Waals surface area contributed by atoms with E-state index in [9.17, 15) is 0 Å². The van der Waals surface area contributed by atoms with Gasteiger partial charge in [-0.05, 0) is 18.8 Å². The summed E-state index contributed by atoms with van der Waals surface area (Å²) in [5, 5.41) is 0.553. The molecule has 0 spiro atoms. The first-order chi connectivity index (χ1) is 8.06. The lowest BCUT2D eigenvalue weighted by atomic mass is 10.0. The number of aromatic nitrogens is 2. The average Bonchev–Trinajstić information content (AvgIpc) is 2.28. The maximum atomic E-state index is 6.07. The Kier molecular flexibility index (Phi) is 3.87. The molecule has 94 valence electrons. The van der Waals surface area contributed by atoms with Crippen molar-refractivity contribution in [2.45, 2.75) is 39.5 Å². The number of nitrogens with zero attached hydrogens (tertiary/aromatic N) is 3. The van der Waals surface area contributed by atoms with E-state index >= 15 is 0 Å². The lowest BCUT2D eigenvalue weighted by Gasteiger charge is -2.32. The normalized spacial score (nSPS) is 21.0. The van der Waals surface area contributed by atoms with Gasteiger partial charge in [0.1, 0.15) is 16.8 Å². The molecule has 1 fully saturated rings. The van der Waals surface area contributed by atoms with Gasteiger partial charge in [-0.2, -0.15) is 0 Å². The van der Waals surface area contributed by atoms with Crippen molar-refractivity contribution in [3.05, 3.63) is 17.0 Å². The summed E-state index contributed by atoms with van der Waals surface area (Å²) in [6.07, 6.45) is 2.55. The number of piperidine rings is 1. The van der Waals surface area contributed by atoms with Crippen LogP contribution in [-0.4, -0.2) is 23.1 Å². The summed E-state index contributed by atoms with van der Waals surface area (Å²) in [5.74, 6) is 2.88. The summed E-state index contributed by atoms with van der Waals surface area (Å²) < 4.78 is 0. The molecule has 2 heterocycles. The standard InChI is InChI=1S/C13H20ClN3/c1-9(2)13-15-11(14)7-12(16-13)17-6-4-5-10(3)8-17/h7,9-10H,4-6,8H2,1-3H3. The SMILES string of the molecule is CC1CCCN(c2cc(Cl)nc(C(C)C)n2)C1. The molecule has 2 rings (SSSR count). The number of anilines is 1. The highest BCUT2D eigenvalue weighted by molar-refractivity contribution is 6.29. The van der Waals surface area contributed by atoms with Crippen molar-refractivity contribution in [2.24, 2.45) is 5.92 Å². The van der Waals surface area contributed by atoms with Gasteiger partial charge in [0.25, 0.3) is 0 Å². The molecule has 1 aromatic rings. The monoisotopic (exact) mass is 253 g/mol. The lowest BCUT2D eigenvalue weighted by Crippen LogP contribution is -2.35. The summed E-state index contributed by atoms with van der Waals surface area (Å²) in [7, 11) is 0. The van der Waals surface area contributed by atoms with Gasteiger partial charge >= 0.3 is 0 Å². The Labute approximate surface area is 108 Å². The summed E-state index contributed by atoms with van der Waals surface area (Å²) in [4.78, 5) is 11.2. The van der Waals surface area contributed by atoms with Crippen LogP contribution in [0.3, 0.4) is 0 Å². The predicted molar refractivity (Wildman–Crippen MR) is 71.7 cm³/mol. The van der Waals surface area contributed by atoms with Crippen LogP contribution in [0.1, 0.15) is 45.4 Å². The first kappa shape index (κ1) is 12.6. The predicted octanol–water partition coefficient (Wildman–Crippen LogP) is 3.49. The highest BCUT2D eigenvalue weighted by Crippen LogP contribution is 2.24. The molecule has 17 heavy (non-hydrogen) atoms. The van der Waals surface area contributed by atoms with E-state index in [0.717, 1.165) is 30.6 Å². The molecule has 1 aliphatic rings. The molecule has 0 saturated carbocycles. The molecule has 0 bridgehead atoms. The van der Waals surface area contributed by atoms with Crippen molar-refractivity contribution in [3.8, 4) is 0 Å². The third-order valence-corrected chi connectivity index (χ3v) is 3.39. The molecule has 0 N–H and O–H groups in total. The van der Waals surface area contributed by atoms with E-state index in [2.05, 4.69) is 35.6 Å². The molecule has 0 aromatic carbocycles. The van der Waals surface area contributed by atoms with Crippen molar-refractivity contribution in [1.29, 1.82) is 0 Å². The van der Waals surface area contributed by atoms with Gasteiger partial charge in [0.2, 0.25) is 0 Å². The maximum absolute atomic E-state index is 6.07.